The third kappa shape index (κ3) is 3.13. The summed E-state index contributed by atoms with van der Waals surface area (Å²) in [6.45, 7) is 3.01. The summed E-state index contributed by atoms with van der Waals surface area (Å²) in [6, 6.07) is 10.5. The average molecular weight is 326 g/mol. The van der Waals surface area contributed by atoms with Crippen molar-refractivity contribution in [1.29, 1.82) is 0 Å². The molecule has 1 aromatic carbocycles. The van der Waals surface area contributed by atoms with Crippen molar-refractivity contribution in [2.45, 2.75) is 19.5 Å². The molecule has 0 aliphatic carbocycles. The molecule has 0 bridgehead atoms. The van der Waals surface area contributed by atoms with E-state index in [0.717, 1.165) is 12.3 Å². The molecule has 0 aliphatic rings. The third-order valence-electron chi connectivity index (χ3n) is 2.87. The smallest absolute Gasteiger partial charge is 0.123 e. The lowest BCUT2D eigenvalue weighted by molar-refractivity contribution is 0.401. The first-order valence-corrected chi connectivity index (χ1v) is 7.47. The molecule has 0 radical (unpaired) electrons. The summed E-state index contributed by atoms with van der Waals surface area (Å²) in [5.74, 6) is 0.933. The van der Waals surface area contributed by atoms with Gasteiger partial charge in [-0.2, -0.15) is 0 Å². The highest BCUT2D eigenvalue weighted by Crippen LogP contribution is 2.26. The van der Waals surface area contributed by atoms with Gasteiger partial charge in [0.1, 0.15) is 5.75 Å². The second-order valence-electron chi connectivity index (χ2n) is 4.04. The second-order valence-corrected chi connectivity index (χ2v) is 5.89. The number of para-hydroxylation sites is 1. The number of halogens is 1. The van der Waals surface area contributed by atoms with Crippen molar-refractivity contribution in [3.8, 4) is 5.75 Å². The number of hydrogen-bond acceptors (Lipinski definition) is 3. The Balaban J connectivity index is 2.03. The van der Waals surface area contributed by atoms with Gasteiger partial charge in [-0.25, -0.2) is 0 Å². The Labute approximate surface area is 120 Å². The van der Waals surface area contributed by atoms with Gasteiger partial charge in [0.2, 0.25) is 0 Å². The van der Waals surface area contributed by atoms with Crippen molar-refractivity contribution in [2.24, 2.45) is 0 Å². The molecule has 1 unspecified atom stereocenters. The van der Waals surface area contributed by atoms with Gasteiger partial charge < -0.3 is 10.1 Å². The van der Waals surface area contributed by atoms with Crippen LogP contribution in [0.25, 0.3) is 0 Å². The van der Waals surface area contributed by atoms with Crippen molar-refractivity contribution in [3.63, 3.8) is 0 Å². The summed E-state index contributed by atoms with van der Waals surface area (Å²) in [5, 5.41) is 5.61. The molecule has 4 heteroatoms. The summed E-state index contributed by atoms with van der Waals surface area (Å²) in [5.41, 5.74) is 1.19. The third-order valence-corrected chi connectivity index (χ3v) is 4.79. The van der Waals surface area contributed by atoms with Crippen LogP contribution in [0.3, 0.4) is 0 Å². The van der Waals surface area contributed by atoms with Gasteiger partial charge in [0, 0.05) is 27.5 Å². The molecule has 96 valence electrons. The van der Waals surface area contributed by atoms with Crippen molar-refractivity contribution in [2.75, 3.05) is 7.11 Å². The van der Waals surface area contributed by atoms with E-state index in [9.17, 15) is 0 Å². The van der Waals surface area contributed by atoms with Crippen LogP contribution in [0.4, 0.5) is 0 Å². The first kappa shape index (κ1) is 13.6. The Morgan fingerprint density at radius 3 is 2.78 bits per heavy atom. The van der Waals surface area contributed by atoms with Crippen LogP contribution in [0.5, 0.6) is 5.75 Å². The van der Waals surface area contributed by atoms with Gasteiger partial charge >= 0.3 is 0 Å². The Hall–Kier alpha value is -0.840. The predicted molar refractivity (Wildman–Crippen MR) is 80.3 cm³/mol. The van der Waals surface area contributed by atoms with Crippen molar-refractivity contribution in [1.82, 2.24) is 5.32 Å². The molecular formula is C14H16BrNOS. The molecule has 2 aromatic rings. The van der Waals surface area contributed by atoms with E-state index >= 15 is 0 Å². The molecule has 18 heavy (non-hydrogen) atoms. The predicted octanol–water partition coefficient (Wildman–Crippen LogP) is 4.37. The van der Waals surface area contributed by atoms with Crippen LogP contribution in [-0.4, -0.2) is 7.11 Å². The van der Waals surface area contributed by atoms with Crippen LogP contribution >= 0.6 is 27.3 Å². The summed E-state index contributed by atoms with van der Waals surface area (Å²) in [7, 11) is 1.71. The van der Waals surface area contributed by atoms with E-state index in [1.165, 1.54) is 14.9 Å². The summed E-state index contributed by atoms with van der Waals surface area (Å²) >= 11 is 5.30. The molecule has 1 aromatic heterocycles. The first-order chi connectivity index (χ1) is 8.72. The minimum absolute atomic E-state index is 0.259. The Kier molecular flexibility index (Phi) is 4.80. The van der Waals surface area contributed by atoms with E-state index in [0.29, 0.717) is 0 Å². The second kappa shape index (κ2) is 6.36. The molecule has 0 amide bonds. The molecule has 0 saturated heterocycles. The molecule has 1 N–H and O–H groups in total. The summed E-state index contributed by atoms with van der Waals surface area (Å²) in [4.78, 5) is 1.32. The fourth-order valence-electron chi connectivity index (χ4n) is 1.83. The molecule has 0 spiro atoms. The highest BCUT2D eigenvalue weighted by atomic mass is 79.9. The number of rotatable bonds is 5. The van der Waals surface area contributed by atoms with Crippen LogP contribution in [0, 0.1) is 0 Å². The minimum atomic E-state index is 0.259. The Morgan fingerprint density at radius 2 is 2.11 bits per heavy atom. The van der Waals surface area contributed by atoms with Gasteiger partial charge in [0.25, 0.3) is 0 Å². The monoisotopic (exact) mass is 325 g/mol. The number of nitrogens with one attached hydrogen (secondary N) is 1. The number of benzene rings is 1. The lowest BCUT2D eigenvalue weighted by atomic mass is 10.1. The molecule has 1 heterocycles. The molecule has 0 aliphatic heterocycles. The number of hydrogen-bond donors (Lipinski definition) is 1. The van der Waals surface area contributed by atoms with Crippen LogP contribution in [0.15, 0.2) is 40.2 Å². The highest BCUT2D eigenvalue weighted by molar-refractivity contribution is 9.10. The van der Waals surface area contributed by atoms with E-state index in [2.05, 4.69) is 45.7 Å². The molecule has 2 nitrogen and oxygen atoms in total. The summed E-state index contributed by atoms with van der Waals surface area (Å²) in [6.07, 6.45) is 0. The average Bonchev–Trinajstić information content (AvgIpc) is 2.81. The van der Waals surface area contributed by atoms with E-state index < -0.39 is 0 Å². The zero-order valence-corrected chi connectivity index (χ0v) is 12.8. The molecule has 0 fully saturated rings. The quantitative estimate of drug-likeness (QED) is 0.881. The molecule has 2 rings (SSSR count). The van der Waals surface area contributed by atoms with Gasteiger partial charge in [0.15, 0.2) is 0 Å². The SMILES string of the molecule is COc1ccccc1C(C)NCc1sccc1Br. The lowest BCUT2D eigenvalue weighted by Crippen LogP contribution is -2.18. The van der Waals surface area contributed by atoms with Gasteiger partial charge in [-0.1, -0.05) is 18.2 Å². The Bertz CT molecular complexity index is 512. The van der Waals surface area contributed by atoms with E-state index in [1.54, 1.807) is 18.4 Å². The van der Waals surface area contributed by atoms with Crippen LogP contribution < -0.4 is 10.1 Å². The Morgan fingerprint density at radius 1 is 1.33 bits per heavy atom. The maximum atomic E-state index is 5.38. The maximum absolute atomic E-state index is 5.38. The number of methoxy groups -OCH3 is 1. The van der Waals surface area contributed by atoms with Gasteiger partial charge in [0.05, 0.1) is 7.11 Å². The minimum Gasteiger partial charge on any atom is -0.496 e. The number of thiophene rings is 1. The van der Waals surface area contributed by atoms with E-state index in [-0.39, 0.29) is 6.04 Å². The fraction of sp³-hybridized carbons (Fsp3) is 0.286. The summed E-state index contributed by atoms with van der Waals surface area (Å²) < 4.78 is 6.55. The number of ether oxygens (including phenoxy) is 1. The zero-order valence-electron chi connectivity index (χ0n) is 10.4. The normalized spacial score (nSPS) is 12.4. The van der Waals surface area contributed by atoms with Gasteiger partial charge in [-0.05, 0) is 40.4 Å². The highest BCUT2D eigenvalue weighted by Gasteiger charge is 2.11. The van der Waals surface area contributed by atoms with Crippen molar-refractivity contribution >= 4 is 27.3 Å². The fourth-order valence-corrected chi connectivity index (χ4v) is 3.27. The van der Waals surface area contributed by atoms with Crippen LogP contribution in [-0.2, 0) is 6.54 Å². The topological polar surface area (TPSA) is 21.3 Å². The molecule has 1 atom stereocenters. The molecule has 0 saturated carbocycles. The van der Waals surface area contributed by atoms with Gasteiger partial charge in [-0.3, -0.25) is 0 Å². The standard InChI is InChI=1S/C14H16BrNOS/c1-10(11-5-3-4-6-13(11)17-2)16-9-14-12(15)7-8-18-14/h3-8,10,16H,9H2,1-2H3. The van der Waals surface area contributed by atoms with Crippen LogP contribution in [0.2, 0.25) is 0 Å². The lowest BCUT2D eigenvalue weighted by Gasteiger charge is -2.16. The maximum Gasteiger partial charge on any atom is 0.123 e. The molecular weight excluding hydrogens is 310 g/mol. The zero-order chi connectivity index (χ0) is 13.0. The van der Waals surface area contributed by atoms with E-state index in [4.69, 9.17) is 4.74 Å². The largest absolute Gasteiger partial charge is 0.496 e. The van der Waals surface area contributed by atoms with Crippen LogP contribution in [0.1, 0.15) is 23.4 Å². The van der Waals surface area contributed by atoms with Gasteiger partial charge in [-0.15, -0.1) is 11.3 Å². The first-order valence-electron chi connectivity index (χ1n) is 5.80. The van der Waals surface area contributed by atoms with Crippen molar-refractivity contribution in [3.05, 3.63) is 50.6 Å². The van der Waals surface area contributed by atoms with Crippen molar-refractivity contribution < 1.29 is 4.74 Å². The van der Waals surface area contributed by atoms with E-state index in [1.807, 2.05) is 18.2 Å².